The van der Waals surface area contributed by atoms with Gasteiger partial charge in [0.25, 0.3) is 0 Å². The number of imidazole rings is 1. The summed E-state index contributed by atoms with van der Waals surface area (Å²) in [5, 5.41) is 9.60. The number of hydrogen-bond acceptors (Lipinski definition) is 3. The monoisotopic (exact) mass is 245 g/mol. The van der Waals surface area contributed by atoms with Crippen LogP contribution < -0.4 is 5.73 Å². The van der Waals surface area contributed by atoms with Gasteiger partial charge in [-0.2, -0.15) is 0 Å². The number of aromatic nitrogens is 2. The number of fused-ring (bicyclic) bond motifs is 1. The van der Waals surface area contributed by atoms with Crippen LogP contribution in [0.4, 0.5) is 0 Å². The van der Waals surface area contributed by atoms with Crippen molar-refractivity contribution in [3.8, 4) is 0 Å². The molecular weight excluding hydrogens is 226 g/mol. The molecule has 0 radical (unpaired) electrons. The third-order valence-corrected chi connectivity index (χ3v) is 3.98. The number of aliphatic hydroxyl groups excluding tert-OH is 1. The minimum atomic E-state index is -0.506. The van der Waals surface area contributed by atoms with Gasteiger partial charge >= 0.3 is 0 Å². The summed E-state index contributed by atoms with van der Waals surface area (Å²) in [5.74, 6) is 1.41. The maximum atomic E-state index is 9.60. The van der Waals surface area contributed by atoms with Crippen molar-refractivity contribution >= 4 is 11.0 Å². The Morgan fingerprint density at radius 1 is 1.44 bits per heavy atom. The fourth-order valence-corrected chi connectivity index (χ4v) is 2.66. The molecule has 0 spiro atoms. The van der Waals surface area contributed by atoms with Gasteiger partial charge in [0.2, 0.25) is 0 Å². The van der Waals surface area contributed by atoms with Crippen LogP contribution in [-0.2, 0) is 6.54 Å². The highest BCUT2D eigenvalue weighted by molar-refractivity contribution is 5.75. The van der Waals surface area contributed by atoms with E-state index in [1.54, 1.807) is 0 Å². The quantitative estimate of drug-likeness (QED) is 0.856. The molecular formula is C14H19N3O. The highest BCUT2D eigenvalue weighted by Crippen LogP contribution is 2.39. The van der Waals surface area contributed by atoms with E-state index < -0.39 is 5.54 Å². The summed E-state index contributed by atoms with van der Waals surface area (Å²) in [6, 6.07) is 8.06. The molecule has 3 rings (SSSR count). The summed E-state index contributed by atoms with van der Waals surface area (Å²) >= 11 is 0. The van der Waals surface area contributed by atoms with Gasteiger partial charge in [-0.3, -0.25) is 0 Å². The molecule has 1 atom stereocenters. The van der Waals surface area contributed by atoms with Crippen LogP contribution in [0.15, 0.2) is 24.3 Å². The Balaban J connectivity index is 2.01. The van der Waals surface area contributed by atoms with Crippen molar-refractivity contribution in [3.63, 3.8) is 0 Å². The molecule has 0 aliphatic heterocycles. The van der Waals surface area contributed by atoms with Crippen LogP contribution in [0, 0.1) is 12.8 Å². The lowest BCUT2D eigenvalue weighted by Gasteiger charge is -2.28. The van der Waals surface area contributed by atoms with E-state index in [4.69, 9.17) is 5.73 Å². The minimum absolute atomic E-state index is 0.0314. The Hall–Kier alpha value is -1.39. The van der Waals surface area contributed by atoms with Crippen LogP contribution in [-0.4, -0.2) is 26.8 Å². The minimum Gasteiger partial charge on any atom is -0.394 e. The normalized spacial score (nSPS) is 19.1. The first kappa shape index (κ1) is 11.7. The van der Waals surface area contributed by atoms with Crippen LogP contribution in [0.3, 0.4) is 0 Å². The van der Waals surface area contributed by atoms with E-state index in [1.807, 2.05) is 25.1 Å². The fourth-order valence-electron chi connectivity index (χ4n) is 2.66. The van der Waals surface area contributed by atoms with E-state index in [1.165, 1.54) is 0 Å². The molecule has 1 aromatic carbocycles. The molecule has 2 aromatic rings. The first-order valence-electron chi connectivity index (χ1n) is 6.46. The fraction of sp³-hybridized carbons (Fsp3) is 0.500. The smallest absolute Gasteiger partial charge is 0.106 e. The van der Waals surface area contributed by atoms with Gasteiger partial charge in [-0.05, 0) is 37.8 Å². The Morgan fingerprint density at radius 2 is 2.17 bits per heavy atom. The van der Waals surface area contributed by atoms with Gasteiger partial charge in [0.1, 0.15) is 5.82 Å². The van der Waals surface area contributed by atoms with Crippen molar-refractivity contribution < 1.29 is 5.11 Å². The summed E-state index contributed by atoms with van der Waals surface area (Å²) in [4.78, 5) is 4.54. The number of nitrogens with zero attached hydrogens (tertiary/aromatic N) is 2. The van der Waals surface area contributed by atoms with Gasteiger partial charge in [0.05, 0.1) is 23.2 Å². The van der Waals surface area contributed by atoms with Crippen molar-refractivity contribution in [1.29, 1.82) is 0 Å². The lowest BCUT2D eigenvalue weighted by molar-refractivity contribution is 0.159. The van der Waals surface area contributed by atoms with Crippen molar-refractivity contribution in [2.45, 2.75) is 31.8 Å². The first-order chi connectivity index (χ1) is 8.64. The number of para-hydroxylation sites is 2. The summed E-state index contributed by atoms with van der Waals surface area (Å²) in [5.41, 5.74) is 7.94. The van der Waals surface area contributed by atoms with Crippen molar-refractivity contribution in [1.82, 2.24) is 9.55 Å². The summed E-state index contributed by atoms with van der Waals surface area (Å²) in [6.07, 6.45) is 2.26. The number of nitrogens with two attached hydrogens (primary N) is 1. The Bertz CT molecular complexity index is 573. The maximum absolute atomic E-state index is 9.60. The van der Waals surface area contributed by atoms with Gasteiger partial charge in [-0.25, -0.2) is 4.98 Å². The second-order valence-electron chi connectivity index (χ2n) is 5.40. The van der Waals surface area contributed by atoms with E-state index in [2.05, 4.69) is 15.6 Å². The predicted molar refractivity (Wildman–Crippen MR) is 71.2 cm³/mol. The molecule has 1 aliphatic rings. The molecule has 0 bridgehead atoms. The average Bonchev–Trinajstić information content (AvgIpc) is 3.17. The van der Waals surface area contributed by atoms with Crippen molar-refractivity contribution in [2.24, 2.45) is 11.7 Å². The highest BCUT2D eigenvalue weighted by atomic mass is 16.3. The van der Waals surface area contributed by atoms with Gasteiger partial charge in [0, 0.05) is 6.54 Å². The molecule has 1 fully saturated rings. The Kier molecular flexibility index (Phi) is 2.64. The third-order valence-electron chi connectivity index (χ3n) is 3.98. The van der Waals surface area contributed by atoms with Crippen LogP contribution >= 0.6 is 0 Å². The molecule has 1 aromatic heterocycles. The van der Waals surface area contributed by atoms with Gasteiger partial charge in [-0.1, -0.05) is 12.1 Å². The molecule has 4 heteroatoms. The third kappa shape index (κ3) is 1.82. The predicted octanol–water partition coefficient (Wildman–Crippen LogP) is 1.44. The number of aliphatic hydroxyl groups is 1. The van der Waals surface area contributed by atoms with Crippen LogP contribution in [0.1, 0.15) is 18.7 Å². The van der Waals surface area contributed by atoms with E-state index in [9.17, 15) is 5.11 Å². The highest BCUT2D eigenvalue weighted by Gasteiger charge is 2.42. The SMILES string of the molecule is Cc1nc2ccccc2n1CC(N)(CO)C1CC1. The van der Waals surface area contributed by atoms with Gasteiger partial charge in [0.15, 0.2) is 0 Å². The Morgan fingerprint density at radius 3 is 2.83 bits per heavy atom. The van der Waals surface area contributed by atoms with Crippen LogP contribution in [0.2, 0.25) is 0 Å². The lowest BCUT2D eigenvalue weighted by Crippen LogP contribution is -2.49. The zero-order valence-corrected chi connectivity index (χ0v) is 10.6. The lowest BCUT2D eigenvalue weighted by atomic mass is 9.95. The van der Waals surface area contributed by atoms with Gasteiger partial charge in [-0.15, -0.1) is 0 Å². The summed E-state index contributed by atoms with van der Waals surface area (Å²) < 4.78 is 2.13. The largest absolute Gasteiger partial charge is 0.394 e. The van der Waals surface area contributed by atoms with Crippen LogP contribution in [0.25, 0.3) is 11.0 Å². The zero-order chi connectivity index (χ0) is 12.8. The van der Waals surface area contributed by atoms with E-state index in [0.29, 0.717) is 12.5 Å². The molecule has 1 unspecified atom stereocenters. The maximum Gasteiger partial charge on any atom is 0.106 e. The second kappa shape index (κ2) is 4.07. The van der Waals surface area contributed by atoms with Crippen LogP contribution in [0.5, 0.6) is 0 Å². The molecule has 96 valence electrons. The summed E-state index contributed by atoms with van der Waals surface area (Å²) in [6.45, 7) is 2.66. The molecule has 0 amide bonds. The Labute approximate surface area is 106 Å². The second-order valence-corrected chi connectivity index (χ2v) is 5.40. The number of benzene rings is 1. The van der Waals surface area contributed by atoms with Crippen molar-refractivity contribution in [3.05, 3.63) is 30.1 Å². The standard InChI is InChI=1S/C14H19N3O/c1-10-16-12-4-2-3-5-13(12)17(10)8-14(15,9-18)11-6-7-11/h2-5,11,18H,6-9,15H2,1H3. The number of aryl methyl sites for hydroxylation is 1. The topological polar surface area (TPSA) is 64.1 Å². The molecule has 1 saturated carbocycles. The molecule has 3 N–H and O–H groups in total. The molecule has 4 nitrogen and oxygen atoms in total. The number of rotatable bonds is 4. The molecule has 1 heterocycles. The number of hydrogen-bond donors (Lipinski definition) is 2. The first-order valence-corrected chi connectivity index (χ1v) is 6.46. The van der Waals surface area contributed by atoms with E-state index in [0.717, 1.165) is 29.7 Å². The molecule has 18 heavy (non-hydrogen) atoms. The van der Waals surface area contributed by atoms with Crippen molar-refractivity contribution in [2.75, 3.05) is 6.61 Å². The molecule has 1 aliphatic carbocycles. The average molecular weight is 245 g/mol. The van der Waals surface area contributed by atoms with E-state index >= 15 is 0 Å². The summed E-state index contributed by atoms with van der Waals surface area (Å²) in [7, 11) is 0. The molecule has 0 saturated heterocycles. The van der Waals surface area contributed by atoms with E-state index in [-0.39, 0.29) is 6.61 Å². The zero-order valence-electron chi connectivity index (χ0n) is 10.6. The van der Waals surface area contributed by atoms with Gasteiger partial charge < -0.3 is 15.4 Å².